The van der Waals surface area contributed by atoms with Crippen molar-refractivity contribution in [2.45, 2.75) is 0 Å². The Hall–Kier alpha value is -1.19. The molecule has 0 saturated carbocycles. The first kappa shape index (κ1) is 12.3. The number of hydrogen-bond donors (Lipinski definition) is 1. The highest BCUT2D eigenvalue weighted by molar-refractivity contribution is 6.29. The van der Waals surface area contributed by atoms with Gasteiger partial charge in [0.1, 0.15) is 0 Å². The topological polar surface area (TPSA) is 24.5 Å². The predicted molar refractivity (Wildman–Crippen MR) is 73.0 cm³/mol. The van der Waals surface area contributed by atoms with Crippen LogP contribution in [0.25, 0.3) is 0 Å². The van der Waals surface area contributed by atoms with E-state index in [4.69, 9.17) is 16.3 Å². The van der Waals surface area contributed by atoms with Crippen molar-refractivity contribution in [2.24, 2.45) is 0 Å². The molecule has 1 fully saturated rings. The molecule has 0 spiro atoms. The van der Waals surface area contributed by atoms with Crippen LogP contribution in [0, 0.1) is 0 Å². The zero-order chi connectivity index (χ0) is 12.1. The Morgan fingerprint density at radius 2 is 1.94 bits per heavy atom. The highest BCUT2D eigenvalue weighted by atomic mass is 35.5. The average Bonchev–Trinajstić information content (AvgIpc) is 2.38. The molecule has 1 saturated heterocycles. The van der Waals surface area contributed by atoms with Crippen LogP contribution in [0.2, 0.25) is 0 Å². The number of benzene rings is 1. The van der Waals surface area contributed by atoms with Gasteiger partial charge in [-0.3, -0.25) is 0 Å². The van der Waals surface area contributed by atoms with E-state index in [1.165, 1.54) is 5.69 Å². The summed E-state index contributed by atoms with van der Waals surface area (Å²) in [6.45, 7) is 7.79. The van der Waals surface area contributed by atoms with Gasteiger partial charge in [-0.25, -0.2) is 0 Å². The fraction of sp³-hybridized carbons (Fsp3) is 0.385. The number of nitrogens with zero attached hydrogens (tertiary/aromatic N) is 1. The van der Waals surface area contributed by atoms with Gasteiger partial charge in [-0.15, -0.1) is 0 Å². The zero-order valence-electron chi connectivity index (χ0n) is 9.79. The number of nitrogens with one attached hydrogen (secondary N) is 1. The second kappa shape index (κ2) is 5.94. The summed E-state index contributed by atoms with van der Waals surface area (Å²) in [6.07, 6.45) is 0. The normalized spacial score (nSPS) is 15.7. The third kappa shape index (κ3) is 3.65. The van der Waals surface area contributed by atoms with Gasteiger partial charge in [0.25, 0.3) is 0 Å². The van der Waals surface area contributed by atoms with E-state index >= 15 is 0 Å². The maximum atomic E-state index is 5.70. The van der Waals surface area contributed by atoms with Gasteiger partial charge in [-0.1, -0.05) is 18.2 Å². The molecule has 4 heteroatoms. The highest BCUT2D eigenvalue weighted by Gasteiger charge is 2.10. The minimum atomic E-state index is 0.596. The van der Waals surface area contributed by atoms with Crippen molar-refractivity contribution in [3.63, 3.8) is 0 Å². The Labute approximate surface area is 107 Å². The molecule has 1 aromatic rings. The van der Waals surface area contributed by atoms with Crippen LogP contribution in [0.5, 0.6) is 0 Å². The third-order valence-electron chi connectivity index (χ3n) is 2.73. The van der Waals surface area contributed by atoms with Crippen molar-refractivity contribution >= 4 is 23.0 Å². The molecular formula is C13H17ClN2O. The van der Waals surface area contributed by atoms with Crippen LogP contribution >= 0.6 is 11.6 Å². The van der Waals surface area contributed by atoms with E-state index in [9.17, 15) is 0 Å². The van der Waals surface area contributed by atoms with Gasteiger partial charge in [0.2, 0.25) is 0 Å². The molecule has 0 amide bonds. The van der Waals surface area contributed by atoms with E-state index < -0.39 is 0 Å². The Balaban J connectivity index is 1.94. The largest absolute Gasteiger partial charge is 0.380 e. The lowest BCUT2D eigenvalue weighted by molar-refractivity contribution is 0.122. The fourth-order valence-corrected chi connectivity index (χ4v) is 1.88. The standard InChI is InChI=1S/C13H17ClN2O/c1-11(14)10-15-12-2-4-13(5-3-12)16-6-8-17-9-7-16/h2-5,15H,1,6-10H2. The molecule has 1 N–H and O–H groups in total. The van der Waals surface area contributed by atoms with Crippen LogP contribution in [0.15, 0.2) is 35.9 Å². The number of hydrogen-bond acceptors (Lipinski definition) is 3. The summed E-state index contributed by atoms with van der Waals surface area (Å²) in [6, 6.07) is 8.35. The predicted octanol–water partition coefficient (Wildman–Crippen LogP) is 2.69. The van der Waals surface area contributed by atoms with Gasteiger partial charge in [0.05, 0.1) is 19.8 Å². The monoisotopic (exact) mass is 252 g/mol. The Bertz CT molecular complexity index is 372. The molecule has 0 bridgehead atoms. The molecule has 0 atom stereocenters. The Morgan fingerprint density at radius 1 is 1.29 bits per heavy atom. The molecule has 0 aliphatic carbocycles. The number of rotatable bonds is 4. The molecule has 1 aliphatic heterocycles. The second-order valence-corrected chi connectivity index (χ2v) is 4.55. The minimum absolute atomic E-state index is 0.596. The van der Waals surface area contributed by atoms with Gasteiger partial charge < -0.3 is 15.0 Å². The third-order valence-corrected chi connectivity index (χ3v) is 2.86. The smallest absolute Gasteiger partial charge is 0.0642 e. The van der Waals surface area contributed by atoms with Crippen LogP contribution in [-0.2, 0) is 4.74 Å². The number of anilines is 2. The molecule has 0 unspecified atom stereocenters. The van der Waals surface area contributed by atoms with E-state index in [2.05, 4.69) is 41.1 Å². The summed E-state index contributed by atoms with van der Waals surface area (Å²) in [5.41, 5.74) is 2.30. The zero-order valence-corrected chi connectivity index (χ0v) is 10.5. The molecular weight excluding hydrogens is 236 g/mol. The summed E-state index contributed by atoms with van der Waals surface area (Å²) in [4.78, 5) is 2.33. The first-order valence-corrected chi connectivity index (χ1v) is 6.13. The molecule has 0 radical (unpaired) electrons. The van der Waals surface area contributed by atoms with Crippen molar-refractivity contribution in [2.75, 3.05) is 43.1 Å². The van der Waals surface area contributed by atoms with E-state index in [1.807, 2.05) is 0 Å². The van der Waals surface area contributed by atoms with E-state index in [0.717, 1.165) is 32.0 Å². The van der Waals surface area contributed by atoms with E-state index in [-0.39, 0.29) is 0 Å². The fourth-order valence-electron chi connectivity index (χ4n) is 1.81. The van der Waals surface area contributed by atoms with Gasteiger partial charge in [0, 0.05) is 29.5 Å². The van der Waals surface area contributed by atoms with Crippen molar-refractivity contribution in [1.29, 1.82) is 0 Å². The molecule has 17 heavy (non-hydrogen) atoms. The van der Waals surface area contributed by atoms with Crippen molar-refractivity contribution in [3.05, 3.63) is 35.9 Å². The molecule has 1 aromatic carbocycles. The summed E-state index contributed by atoms with van der Waals surface area (Å²) in [5.74, 6) is 0. The lowest BCUT2D eigenvalue weighted by atomic mass is 10.2. The van der Waals surface area contributed by atoms with Crippen LogP contribution in [-0.4, -0.2) is 32.8 Å². The minimum Gasteiger partial charge on any atom is -0.380 e. The lowest BCUT2D eigenvalue weighted by Crippen LogP contribution is -2.36. The maximum Gasteiger partial charge on any atom is 0.0642 e. The van der Waals surface area contributed by atoms with E-state index in [0.29, 0.717) is 11.6 Å². The van der Waals surface area contributed by atoms with Crippen LogP contribution in [0.4, 0.5) is 11.4 Å². The molecule has 3 nitrogen and oxygen atoms in total. The second-order valence-electron chi connectivity index (χ2n) is 4.02. The maximum absolute atomic E-state index is 5.70. The van der Waals surface area contributed by atoms with Crippen molar-refractivity contribution < 1.29 is 4.74 Å². The van der Waals surface area contributed by atoms with Crippen molar-refractivity contribution in [3.8, 4) is 0 Å². The highest BCUT2D eigenvalue weighted by Crippen LogP contribution is 2.19. The van der Waals surface area contributed by atoms with Crippen molar-refractivity contribution in [1.82, 2.24) is 0 Å². The van der Waals surface area contributed by atoms with Crippen LogP contribution in [0.1, 0.15) is 0 Å². The molecule has 1 heterocycles. The molecule has 2 rings (SSSR count). The quantitative estimate of drug-likeness (QED) is 0.892. The number of morpholine rings is 1. The number of halogens is 1. The van der Waals surface area contributed by atoms with Gasteiger partial charge in [0.15, 0.2) is 0 Å². The first-order valence-electron chi connectivity index (χ1n) is 5.75. The van der Waals surface area contributed by atoms with Gasteiger partial charge in [-0.05, 0) is 24.3 Å². The Morgan fingerprint density at radius 3 is 2.53 bits per heavy atom. The van der Waals surface area contributed by atoms with Gasteiger partial charge >= 0.3 is 0 Å². The Kier molecular flexibility index (Phi) is 4.29. The number of ether oxygens (including phenoxy) is 1. The SMILES string of the molecule is C=C(Cl)CNc1ccc(N2CCOCC2)cc1. The molecule has 1 aliphatic rings. The molecule has 0 aromatic heterocycles. The van der Waals surface area contributed by atoms with E-state index in [1.54, 1.807) is 0 Å². The lowest BCUT2D eigenvalue weighted by Gasteiger charge is -2.28. The van der Waals surface area contributed by atoms with Gasteiger partial charge in [-0.2, -0.15) is 0 Å². The summed E-state index contributed by atoms with van der Waals surface area (Å²) in [7, 11) is 0. The molecule has 92 valence electrons. The average molecular weight is 253 g/mol. The van der Waals surface area contributed by atoms with Crippen LogP contribution in [0.3, 0.4) is 0 Å². The first-order chi connectivity index (χ1) is 8.25. The summed E-state index contributed by atoms with van der Waals surface area (Å²) in [5, 5.41) is 3.81. The summed E-state index contributed by atoms with van der Waals surface area (Å²) < 4.78 is 5.33. The van der Waals surface area contributed by atoms with Crippen LogP contribution < -0.4 is 10.2 Å². The summed E-state index contributed by atoms with van der Waals surface area (Å²) >= 11 is 5.70.